The van der Waals surface area contributed by atoms with E-state index in [1.165, 1.54) is 31.5 Å². The number of rotatable bonds is 3. The maximum absolute atomic E-state index is 4.48. The van der Waals surface area contributed by atoms with Crippen LogP contribution in [0.2, 0.25) is 0 Å². The van der Waals surface area contributed by atoms with Crippen molar-refractivity contribution in [3.05, 3.63) is 18.2 Å². The zero-order chi connectivity index (χ0) is 11.5. The standard InChI is InChI=1S/C13H23N3/c1-10(2)13-15-7-8-16(13)12-6-4-5-11(9-12)14-3/h7-8,10-12,14H,4-6,9H2,1-3H3. The Morgan fingerprint density at radius 3 is 2.94 bits per heavy atom. The molecular formula is C13H23N3. The summed E-state index contributed by atoms with van der Waals surface area (Å²) in [6.45, 7) is 4.44. The molecule has 0 aromatic carbocycles. The molecule has 1 heterocycles. The van der Waals surface area contributed by atoms with Crippen molar-refractivity contribution in [2.45, 2.75) is 57.5 Å². The highest BCUT2D eigenvalue weighted by Crippen LogP contribution is 2.30. The lowest BCUT2D eigenvalue weighted by molar-refractivity contribution is 0.288. The van der Waals surface area contributed by atoms with Gasteiger partial charge in [0, 0.05) is 30.4 Å². The summed E-state index contributed by atoms with van der Waals surface area (Å²) in [5, 5.41) is 3.41. The first kappa shape index (κ1) is 11.6. The Morgan fingerprint density at radius 1 is 1.44 bits per heavy atom. The molecule has 0 saturated heterocycles. The lowest BCUT2D eigenvalue weighted by Gasteiger charge is -2.31. The first-order chi connectivity index (χ1) is 7.72. The summed E-state index contributed by atoms with van der Waals surface area (Å²) in [6.07, 6.45) is 9.28. The molecule has 16 heavy (non-hydrogen) atoms. The van der Waals surface area contributed by atoms with Gasteiger partial charge in [-0.05, 0) is 32.7 Å². The number of hydrogen-bond acceptors (Lipinski definition) is 2. The molecular weight excluding hydrogens is 198 g/mol. The molecule has 1 aromatic rings. The van der Waals surface area contributed by atoms with Crippen LogP contribution < -0.4 is 5.32 Å². The maximum atomic E-state index is 4.48. The molecule has 1 fully saturated rings. The first-order valence-electron chi connectivity index (χ1n) is 6.42. The van der Waals surface area contributed by atoms with E-state index in [1.807, 2.05) is 6.20 Å². The third-order valence-electron chi connectivity index (χ3n) is 3.66. The van der Waals surface area contributed by atoms with Crippen molar-refractivity contribution in [1.29, 1.82) is 0 Å². The second kappa shape index (κ2) is 5.00. The topological polar surface area (TPSA) is 29.9 Å². The van der Waals surface area contributed by atoms with E-state index in [0.717, 1.165) is 0 Å². The van der Waals surface area contributed by atoms with Gasteiger partial charge in [0.2, 0.25) is 0 Å². The zero-order valence-corrected chi connectivity index (χ0v) is 10.6. The number of nitrogens with one attached hydrogen (secondary N) is 1. The van der Waals surface area contributed by atoms with Gasteiger partial charge in [0.15, 0.2) is 0 Å². The SMILES string of the molecule is CNC1CCCC(n2ccnc2C(C)C)C1. The van der Waals surface area contributed by atoms with Crippen LogP contribution in [-0.2, 0) is 0 Å². The molecule has 0 radical (unpaired) electrons. The smallest absolute Gasteiger partial charge is 0.111 e. The van der Waals surface area contributed by atoms with Crippen LogP contribution in [0, 0.1) is 0 Å². The quantitative estimate of drug-likeness (QED) is 0.850. The summed E-state index contributed by atoms with van der Waals surface area (Å²) in [6, 6.07) is 1.33. The van der Waals surface area contributed by atoms with Crippen LogP contribution in [-0.4, -0.2) is 22.6 Å². The number of nitrogens with zero attached hydrogens (tertiary/aromatic N) is 2. The number of hydrogen-bond donors (Lipinski definition) is 1. The van der Waals surface area contributed by atoms with Gasteiger partial charge in [-0.3, -0.25) is 0 Å². The van der Waals surface area contributed by atoms with Crippen LogP contribution in [0.25, 0.3) is 0 Å². The average Bonchev–Trinajstić information content (AvgIpc) is 2.78. The molecule has 0 aliphatic heterocycles. The van der Waals surface area contributed by atoms with Gasteiger partial charge in [-0.15, -0.1) is 0 Å². The predicted molar refractivity (Wildman–Crippen MR) is 66.7 cm³/mol. The second-order valence-electron chi connectivity index (χ2n) is 5.15. The van der Waals surface area contributed by atoms with E-state index in [0.29, 0.717) is 18.0 Å². The fourth-order valence-electron chi connectivity index (χ4n) is 2.76. The molecule has 1 N–H and O–H groups in total. The fourth-order valence-corrected chi connectivity index (χ4v) is 2.76. The number of aromatic nitrogens is 2. The van der Waals surface area contributed by atoms with Crippen molar-refractivity contribution in [3.63, 3.8) is 0 Å². The Bertz CT molecular complexity index is 330. The van der Waals surface area contributed by atoms with Crippen LogP contribution in [0.15, 0.2) is 12.4 Å². The van der Waals surface area contributed by atoms with Gasteiger partial charge in [0.1, 0.15) is 5.82 Å². The molecule has 90 valence electrons. The van der Waals surface area contributed by atoms with Crippen molar-refractivity contribution in [2.24, 2.45) is 0 Å². The monoisotopic (exact) mass is 221 g/mol. The normalized spacial score (nSPS) is 26.2. The molecule has 3 nitrogen and oxygen atoms in total. The van der Waals surface area contributed by atoms with E-state index < -0.39 is 0 Å². The highest BCUT2D eigenvalue weighted by Gasteiger charge is 2.23. The highest BCUT2D eigenvalue weighted by atomic mass is 15.1. The molecule has 3 heteroatoms. The molecule has 2 unspecified atom stereocenters. The molecule has 1 saturated carbocycles. The summed E-state index contributed by atoms with van der Waals surface area (Å²) < 4.78 is 2.40. The van der Waals surface area contributed by atoms with Crippen molar-refractivity contribution in [2.75, 3.05) is 7.05 Å². The molecule has 0 amide bonds. The summed E-state index contributed by atoms with van der Waals surface area (Å²) in [4.78, 5) is 4.48. The Hall–Kier alpha value is -0.830. The first-order valence-corrected chi connectivity index (χ1v) is 6.42. The van der Waals surface area contributed by atoms with Crippen LogP contribution >= 0.6 is 0 Å². The van der Waals surface area contributed by atoms with E-state index in [9.17, 15) is 0 Å². The maximum Gasteiger partial charge on any atom is 0.111 e. The molecule has 0 spiro atoms. The van der Waals surface area contributed by atoms with Gasteiger partial charge < -0.3 is 9.88 Å². The minimum Gasteiger partial charge on any atom is -0.332 e. The van der Waals surface area contributed by atoms with Crippen molar-refractivity contribution in [1.82, 2.24) is 14.9 Å². The van der Waals surface area contributed by atoms with Crippen molar-refractivity contribution in [3.8, 4) is 0 Å². The largest absolute Gasteiger partial charge is 0.332 e. The highest BCUT2D eigenvalue weighted by molar-refractivity contribution is 5.01. The van der Waals surface area contributed by atoms with Crippen molar-refractivity contribution >= 4 is 0 Å². The van der Waals surface area contributed by atoms with E-state index >= 15 is 0 Å². The van der Waals surface area contributed by atoms with E-state index in [2.05, 4.69) is 42.0 Å². The molecule has 1 aromatic heterocycles. The van der Waals surface area contributed by atoms with E-state index in [-0.39, 0.29) is 0 Å². The Kier molecular flexibility index (Phi) is 3.64. The van der Waals surface area contributed by atoms with Gasteiger partial charge in [-0.25, -0.2) is 4.98 Å². The van der Waals surface area contributed by atoms with Crippen LogP contribution in [0.1, 0.15) is 57.3 Å². The third kappa shape index (κ3) is 2.29. The van der Waals surface area contributed by atoms with Gasteiger partial charge in [0.05, 0.1) is 0 Å². The molecule has 1 aliphatic rings. The molecule has 1 aliphatic carbocycles. The summed E-state index contributed by atoms with van der Waals surface area (Å²) in [5.41, 5.74) is 0. The summed E-state index contributed by atoms with van der Waals surface area (Å²) in [7, 11) is 2.07. The van der Waals surface area contributed by atoms with Gasteiger partial charge in [0.25, 0.3) is 0 Å². The zero-order valence-electron chi connectivity index (χ0n) is 10.6. The van der Waals surface area contributed by atoms with Crippen LogP contribution in [0.3, 0.4) is 0 Å². The summed E-state index contributed by atoms with van der Waals surface area (Å²) >= 11 is 0. The minimum atomic E-state index is 0.518. The van der Waals surface area contributed by atoms with Gasteiger partial charge >= 0.3 is 0 Å². The summed E-state index contributed by atoms with van der Waals surface area (Å²) in [5.74, 6) is 1.76. The predicted octanol–water partition coefficient (Wildman–Crippen LogP) is 2.71. The molecule has 2 rings (SSSR count). The Morgan fingerprint density at radius 2 is 2.25 bits per heavy atom. The van der Waals surface area contributed by atoms with E-state index in [4.69, 9.17) is 0 Å². The number of imidazole rings is 1. The minimum absolute atomic E-state index is 0.518. The fraction of sp³-hybridized carbons (Fsp3) is 0.769. The van der Waals surface area contributed by atoms with Gasteiger partial charge in [-0.1, -0.05) is 13.8 Å². The van der Waals surface area contributed by atoms with Crippen LogP contribution in [0.5, 0.6) is 0 Å². The van der Waals surface area contributed by atoms with Crippen LogP contribution in [0.4, 0.5) is 0 Å². The van der Waals surface area contributed by atoms with E-state index in [1.54, 1.807) is 0 Å². The average molecular weight is 221 g/mol. The lowest BCUT2D eigenvalue weighted by atomic mass is 9.90. The third-order valence-corrected chi connectivity index (χ3v) is 3.66. The van der Waals surface area contributed by atoms with Crippen molar-refractivity contribution < 1.29 is 0 Å². The Balaban J connectivity index is 2.13. The second-order valence-corrected chi connectivity index (χ2v) is 5.15. The Labute approximate surface area is 98.3 Å². The van der Waals surface area contributed by atoms with Gasteiger partial charge in [-0.2, -0.15) is 0 Å². The molecule has 0 bridgehead atoms. The lowest BCUT2D eigenvalue weighted by Crippen LogP contribution is -2.32. The molecule has 2 atom stereocenters.